The van der Waals surface area contributed by atoms with Gasteiger partial charge in [0.2, 0.25) is 5.91 Å². The van der Waals surface area contributed by atoms with Crippen LogP contribution in [0.2, 0.25) is 0 Å². The standard InChI is InChI=1S/C19H29NO4/c1-5-17(13-21)20(12-15(3)19(23)24-4)18(22)11-10-16-8-6-14(2)7-9-16/h6-9,15,17,21H,5,10-13H2,1-4H3. The molecule has 1 N–H and O–H groups in total. The largest absolute Gasteiger partial charge is 0.469 e. The average molecular weight is 335 g/mol. The van der Waals surface area contributed by atoms with Crippen molar-refractivity contribution in [2.24, 2.45) is 5.92 Å². The molecule has 5 nitrogen and oxygen atoms in total. The molecule has 0 fully saturated rings. The number of benzene rings is 1. The van der Waals surface area contributed by atoms with Gasteiger partial charge in [0, 0.05) is 13.0 Å². The summed E-state index contributed by atoms with van der Waals surface area (Å²) < 4.78 is 4.74. The molecule has 0 saturated heterocycles. The summed E-state index contributed by atoms with van der Waals surface area (Å²) in [6, 6.07) is 7.82. The molecule has 24 heavy (non-hydrogen) atoms. The van der Waals surface area contributed by atoms with E-state index in [1.807, 2.05) is 38.1 Å². The molecule has 0 spiro atoms. The summed E-state index contributed by atoms with van der Waals surface area (Å²) in [5.41, 5.74) is 2.29. The van der Waals surface area contributed by atoms with Gasteiger partial charge in [-0.2, -0.15) is 0 Å². The Morgan fingerprint density at radius 2 is 1.88 bits per heavy atom. The average Bonchev–Trinajstić information content (AvgIpc) is 2.60. The fourth-order valence-electron chi connectivity index (χ4n) is 2.62. The van der Waals surface area contributed by atoms with Crippen LogP contribution in [0, 0.1) is 12.8 Å². The number of esters is 1. The molecule has 2 unspecified atom stereocenters. The monoisotopic (exact) mass is 335 g/mol. The molecule has 5 heteroatoms. The normalized spacial score (nSPS) is 13.2. The maximum atomic E-state index is 12.7. The van der Waals surface area contributed by atoms with E-state index >= 15 is 0 Å². The van der Waals surface area contributed by atoms with Gasteiger partial charge in [0.1, 0.15) is 0 Å². The first-order valence-corrected chi connectivity index (χ1v) is 8.46. The van der Waals surface area contributed by atoms with Gasteiger partial charge in [-0.3, -0.25) is 9.59 Å². The van der Waals surface area contributed by atoms with Crippen molar-refractivity contribution in [2.75, 3.05) is 20.3 Å². The van der Waals surface area contributed by atoms with Crippen LogP contribution in [0.5, 0.6) is 0 Å². The fourth-order valence-corrected chi connectivity index (χ4v) is 2.62. The van der Waals surface area contributed by atoms with Crippen LogP contribution < -0.4 is 0 Å². The van der Waals surface area contributed by atoms with Crippen molar-refractivity contribution >= 4 is 11.9 Å². The van der Waals surface area contributed by atoms with Crippen molar-refractivity contribution in [1.29, 1.82) is 0 Å². The highest BCUT2D eigenvalue weighted by Gasteiger charge is 2.26. The van der Waals surface area contributed by atoms with E-state index in [-0.39, 0.29) is 31.1 Å². The molecule has 0 aromatic heterocycles. The maximum absolute atomic E-state index is 12.7. The summed E-state index contributed by atoms with van der Waals surface area (Å²) in [5.74, 6) is -0.815. The van der Waals surface area contributed by atoms with Gasteiger partial charge in [-0.15, -0.1) is 0 Å². The van der Waals surface area contributed by atoms with Crippen molar-refractivity contribution in [2.45, 2.75) is 46.1 Å². The van der Waals surface area contributed by atoms with Crippen LogP contribution in [0.3, 0.4) is 0 Å². The number of rotatable bonds is 9. The zero-order valence-electron chi connectivity index (χ0n) is 15.1. The topological polar surface area (TPSA) is 66.8 Å². The van der Waals surface area contributed by atoms with Crippen molar-refractivity contribution in [3.05, 3.63) is 35.4 Å². The minimum absolute atomic E-state index is 0.0489. The highest BCUT2D eigenvalue weighted by Crippen LogP contribution is 2.13. The van der Waals surface area contributed by atoms with Crippen LogP contribution in [-0.4, -0.2) is 48.2 Å². The van der Waals surface area contributed by atoms with E-state index in [1.165, 1.54) is 12.7 Å². The van der Waals surface area contributed by atoms with Crippen LogP contribution in [0.25, 0.3) is 0 Å². The quantitative estimate of drug-likeness (QED) is 0.704. The number of ether oxygens (including phenoxy) is 1. The van der Waals surface area contributed by atoms with Crippen molar-refractivity contribution < 1.29 is 19.4 Å². The zero-order chi connectivity index (χ0) is 18.1. The Bertz CT molecular complexity index is 523. The third-order valence-corrected chi connectivity index (χ3v) is 4.27. The van der Waals surface area contributed by atoms with Crippen molar-refractivity contribution in [3.63, 3.8) is 0 Å². The zero-order valence-corrected chi connectivity index (χ0v) is 15.1. The van der Waals surface area contributed by atoms with E-state index in [2.05, 4.69) is 0 Å². The molecule has 0 radical (unpaired) electrons. The molecule has 1 rings (SSSR count). The molecular weight excluding hydrogens is 306 g/mol. The molecule has 134 valence electrons. The summed E-state index contributed by atoms with van der Waals surface area (Å²) in [7, 11) is 1.34. The Hall–Kier alpha value is -1.88. The number of aliphatic hydroxyl groups excluding tert-OH is 1. The maximum Gasteiger partial charge on any atom is 0.310 e. The Balaban J connectivity index is 2.75. The second-order valence-electron chi connectivity index (χ2n) is 6.20. The second-order valence-corrected chi connectivity index (χ2v) is 6.20. The van der Waals surface area contributed by atoms with Gasteiger partial charge >= 0.3 is 5.97 Å². The molecular formula is C19H29NO4. The Kier molecular flexibility index (Phi) is 8.47. The lowest BCUT2D eigenvalue weighted by atomic mass is 10.0. The first-order valence-electron chi connectivity index (χ1n) is 8.46. The highest BCUT2D eigenvalue weighted by atomic mass is 16.5. The number of hydrogen-bond acceptors (Lipinski definition) is 4. The number of amides is 1. The van der Waals surface area contributed by atoms with Gasteiger partial charge in [0.15, 0.2) is 0 Å². The molecule has 1 aromatic carbocycles. The first kappa shape index (κ1) is 20.2. The van der Waals surface area contributed by atoms with Gasteiger partial charge in [-0.05, 0) is 25.3 Å². The predicted molar refractivity (Wildman–Crippen MR) is 93.6 cm³/mol. The minimum atomic E-state index is -0.418. The Labute approximate surface area is 144 Å². The smallest absolute Gasteiger partial charge is 0.310 e. The number of nitrogens with zero attached hydrogens (tertiary/aromatic N) is 1. The van der Waals surface area contributed by atoms with E-state index in [1.54, 1.807) is 11.8 Å². The number of carbonyl (C=O) groups excluding carboxylic acids is 2. The van der Waals surface area contributed by atoms with E-state index in [0.717, 1.165) is 5.56 Å². The van der Waals surface area contributed by atoms with E-state index < -0.39 is 5.92 Å². The van der Waals surface area contributed by atoms with Crippen LogP contribution >= 0.6 is 0 Å². The third kappa shape index (κ3) is 5.96. The SMILES string of the molecule is CCC(CO)N(CC(C)C(=O)OC)C(=O)CCc1ccc(C)cc1. The van der Waals surface area contributed by atoms with Gasteiger partial charge in [-0.25, -0.2) is 0 Å². The van der Waals surface area contributed by atoms with E-state index in [0.29, 0.717) is 19.3 Å². The van der Waals surface area contributed by atoms with Crippen molar-refractivity contribution in [1.82, 2.24) is 4.90 Å². The van der Waals surface area contributed by atoms with Gasteiger partial charge in [-0.1, -0.05) is 43.7 Å². The molecule has 0 saturated carbocycles. The second kappa shape index (κ2) is 10.1. The Morgan fingerprint density at radius 1 is 1.25 bits per heavy atom. The Morgan fingerprint density at radius 3 is 2.38 bits per heavy atom. The summed E-state index contributed by atoms with van der Waals surface area (Å²) in [6.45, 7) is 5.83. The summed E-state index contributed by atoms with van der Waals surface area (Å²) in [6.07, 6.45) is 1.64. The van der Waals surface area contributed by atoms with E-state index in [9.17, 15) is 14.7 Å². The third-order valence-electron chi connectivity index (χ3n) is 4.27. The van der Waals surface area contributed by atoms with Crippen LogP contribution in [0.4, 0.5) is 0 Å². The van der Waals surface area contributed by atoms with Gasteiger partial charge in [0.05, 0.1) is 25.7 Å². The molecule has 0 aliphatic rings. The van der Waals surface area contributed by atoms with Gasteiger partial charge in [0.25, 0.3) is 0 Å². The molecule has 0 aliphatic carbocycles. The van der Waals surface area contributed by atoms with Crippen LogP contribution in [-0.2, 0) is 20.7 Å². The molecule has 0 aliphatic heterocycles. The predicted octanol–water partition coefficient (Wildman–Crippen LogP) is 2.34. The number of carbonyl (C=O) groups is 2. The summed E-state index contributed by atoms with van der Waals surface area (Å²) >= 11 is 0. The number of aliphatic hydroxyl groups is 1. The van der Waals surface area contributed by atoms with Crippen LogP contribution in [0.1, 0.15) is 37.8 Å². The van der Waals surface area contributed by atoms with E-state index in [4.69, 9.17) is 4.74 Å². The fraction of sp³-hybridized carbons (Fsp3) is 0.579. The number of methoxy groups -OCH3 is 1. The lowest BCUT2D eigenvalue weighted by Crippen LogP contribution is -2.45. The lowest BCUT2D eigenvalue weighted by molar-refractivity contribution is -0.147. The number of aryl methyl sites for hydroxylation is 2. The lowest BCUT2D eigenvalue weighted by Gasteiger charge is -2.31. The highest BCUT2D eigenvalue weighted by molar-refractivity contribution is 5.78. The van der Waals surface area contributed by atoms with Gasteiger partial charge < -0.3 is 14.7 Å². The van der Waals surface area contributed by atoms with Crippen molar-refractivity contribution in [3.8, 4) is 0 Å². The summed E-state index contributed by atoms with van der Waals surface area (Å²) in [4.78, 5) is 25.9. The molecule has 0 bridgehead atoms. The molecule has 2 atom stereocenters. The molecule has 1 amide bonds. The number of hydrogen-bond donors (Lipinski definition) is 1. The molecule has 0 heterocycles. The minimum Gasteiger partial charge on any atom is -0.469 e. The first-order chi connectivity index (χ1) is 11.4. The molecule has 1 aromatic rings. The summed E-state index contributed by atoms with van der Waals surface area (Å²) in [5, 5.41) is 9.56. The van der Waals surface area contributed by atoms with Crippen LogP contribution in [0.15, 0.2) is 24.3 Å².